The van der Waals surface area contributed by atoms with Crippen LogP contribution in [0.4, 0.5) is 0 Å². The van der Waals surface area contributed by atoms with Crippen LogP contribution in [0.3, 0.4) is 0 Å². The minimum absolute atomic E-state index is 0.00613. The van der Waals surface area contributed by atoms with Gasteiger partial charge in [-0.05, 0) is 18.8 Å². The highest BCUT2D eigenvalue weighted by atomic mass is 16.3. The van der Waals surface area contributed by atoms with Crippen molar-refractivity contribution in [3.05, 3.63) is 0 Å². The lowest BCUT2D eigenvalue weighted by Crippen LogP contribution is -2.42. The summed E-state index contributed by atoms with van der Waals surface area (Å²) in [5.74, 6) is -0.274. The van der Waals surface area contributed by atoms with Crippen molar-refractivity contribution in [1.29, 1.82) is 0 Å². The zero-order valence-corrected chi connectivity index (χ0v) is 8.53. The third-order valence-corrected chi connectivity index (χ3v) is 2.24. The molecule has 1 rings (SSSR count). The van der Waals surface area contributed by atoms with E-state index in [9.17, 15) is 9.59 Å². The van der Waals surface area contributed by atoms with Crippen molar-refractivity contribution >= 4 is 11.8 Å². The molecule has 6 heteroatoms. The Morgan fingerprint density at radius 1 is 1.47 bits per heavy atom. The molecule has 1 aliphatic carbocycles. The van der Waals surface area contributed by atoms with Crippen LogP contribution in [-0.2, 0) is 9.59 Å². The van der Waals surface area contributed by atoms with Gasteiger partial charge in [0, 0.05) is 13.1 Å². The van der Waals surface area contributed by atoms with Gasteiger partial charge < -0.3 is 21.5 Å². The number of carbonyl (C=O) groups is 2. The van der Waals surface area contributed by atoms with E-state index >= 15 is 0 Å². The van der Waals surface area contributed by atoms with Crippen molar-refractivity contribution in [3.8, 4) is 0 Å². The lowest BCUT2D eigenvalue weighted by Gasteiger charge is -2.08. The van der Waals surface area contributed by atoms with E-state index in [0.717, 1.165) is 6.54 Å². The molecule has 0 aromatic rings. The molecule has 6 nitrogen and oxygen atoms in total. The maximum atomic E-state index is 11.2. The van der Waals surface area contributed by atoms with Crippen LogP contribution >= 0.6 is 0 Å². The zero-order valence-electron chi connectivity index (χ0n) is 8.53. The molecule has 1 unspecified atom stereocenters. The van der Waals surface area contributed by atoms with E-state index in [4.69, 9.17) is 10.8 Å². The molecular formula is C9H17N3O3. The first-order valence-electron chi connectivity index (χ1n) is 5.04. The molecule has 1 fully saturated rings. The molecule has 0 spiro atoms. The summed E-state index contributed by atoms with van der Waals surface area (Å²) in [6.45, 7) is 0.822. The first-order chi connectivity index (χ1) is 7.09. The molecule has 0 saturated heterocycles. The minimum atomic E-state index is -1.23. The molecular weight excluding hydrogens is 198 g/mol. The molecule has 1 aliphatic rings. The number of nitrogens with two attached hydrogens (primary N) is 1. The Balaban J connectivity index is 1.98. The molecule has 0 aromatic heterocycles. The van der Waals surface area contributed by atoms with Gasteiger partial charge >= 0.3 is 0 Å². The van der Waals surface area contributed by atoms with Gasteiger partial charge in [0.25, 0.3) is 0 Å². The highest BCUT2D eigenvalue weighted by molar-refractivity contribution is 5.79. The van der Waals surface area contributed by atoms with Gasteiger partial charge in [0.1, 0.15) is 6.10 Å². The van der Waals surface area contributed by atoms with Crippen LogP contribution in [0.1, 0.15) is 12.8 Å². The molecule has 1 atom stereocenters. The van der Waals surface area contributed by atoms with Crippen LogP contribution in [0, 0.1) is 5.92 Å². The van der Waals surface area contributed by atoms with Crippen LogP contribution in [-0.4, -0.2) is 42.7 Å². The second-order valence-corrected chi connectivity index (χ2v) is 3.80. The van der Waals surface area contributed by atoms with Gasteiger partial charge in [-0.1, -0.05) is 0 Å². The first kappa shape index (κ1) is 11.9. The van der Waals surface area contributed by atoms with Gasteiger partial charge in [-0.2, -0.15) is 0 Å². The van der Waals surface area contributed by atoms with E-state index in [1.165, 1.54) is 12.8 Å². The Hall–Kier alpha value is -1.14. The van der Waals surface area contributed by atoms with E-state index in [2.05, 4.69) is 10.6 Å². The number of nitrogens with one attached hydrogen (secondary N) is 2. The number of rotatable bonds is 7. The van der Waals surface area contributed by atoms with Crippen LogP contribution in [0.15, 0.2) is 0 Å². The summed E-state index contributed by atoms with van der Waals surface area (Å²) < 4.78 is 0. The van der Waals surface area contributed by atoms with Crippen LogP contribution in [0.2, 0.25) is 0 Å². The monoisotopic (exact) mass is 215 g/mol. The first-order valence-corrected chi connectivity index (χ1v) is 5.04. The second-order valence-electron chi connectivity index (χ2n) is 3.80. The van der Waals surface area contributed by atoms with Crippen molar-refractivity contribution in [3.63, 3.8) is 0 Å². The van der Waals surface area contributed by atoms with Gasteiger partial charge in [0.15, 0.2) is 0 Å². The Labute approximate surface area is 88.2 Å². The summed E-state index contributed by atoms with van der Waals surface area (Å²) in [7, 11) is 0. The highest BCUT2D eigenvalue weighted by Gasteiger charge is 2.21. The molecule has 86 valence electrons. The van der Waals surface area contributed by atoms with E-state index in [0.29, 0.717) is 5.92 Å². The Bertz CT molecular complexity index is 241. The van der Waals surface area contributed by atoms with Crippen molar-refractivity contribution in [1.82, 2.24) is 10.6 Å². The predicted molar refractivity (Wildman–Crippen MR) is 53.8 cm³/mol. The SMILES string of the molecule is NC(=O)C(O)CNCC(=O)NCC1CC1. The van der Waals surface area contributed by atoms with Crippen LogP contribution in [0.25, 0.3) is 0 Å². The lowest BCUT2D eigenvalue weighted by molar-refractivity contribution is -0.126. The van der Waals surface area contributed by atoms with Gasteiger partial charge in [-0.25, -0.2) is 0 Å². The molecule has 5 N–H and O–H groups in total. The van der Waals surface area contributed by atoms with Crippen molar-refractivity contribution in [2.75, 3.05) is 19.6 Å². The van der Waals surface area contributed by atoms with Crippen LogP contribution in [0.5, 0.6) is 0 Å². The quantitative estimate of drug-likeness (QED) is 0.392. The van der Waals surface area contributed by atoms with Gasteiger partial charge in [0.05, 0.1) is 6.54 Å². The molecule has 0 heterocycles. The van der Waals surface area contributed by atoms with Crippen LogP contribution < -0.4 is 16.4 Å². The summed E-state index contributed by atoms with van der Waals surface area (Å²) in [5.41, 5.74) is 4.83. The van der Waals surface area contributed by atoms with Crippen molar-refractivity contribution in [2.24, 2.45) is 11.7 Å². The van der Waals surface area contributed by atoms with Gasteiger partial charge in [0.2, 0.25) is 11.8 Å². The third-order valence-electron chi connectivity index (χ3n) is 2.24. The molecule has 0 aliphatic heterocycles. The highest BCUT2D eigenvalue weighted by Crippen LogP contribution is 2.27. The standard InChI is InChI=1S/C9H17N3O3/c10-9(15)7(13)4-11-5-8(14)12-3-6-1-2-6/h6-7,11,13H,1-5H2,(H2,10,15)(H,12,14). The van der Waals surface area contributed by atoms with E-state index in [1.807, 2.05) is 0 Å². The second kappa shape index (κ2) is 5.67. The fourth-order valence-corrected chi connectivity index (χ4v) is 1.07. The normalized spacial score (nSPS) is 17.1. The fraction of sp³-hybridized carbons (Fsp3) is 0.778. The van der Waals surface area contributed by atoms with Gasteiger partial charge in [-0.3, -0.25) is 9.59 Å². The number of hydrogen-bond donors (Lipinski definition) is 4. The average Bonchev–Trinajstić information content (AvgIpc) is 2.97. The maximum Gasteiger partial charge on any atom is 0.247 e. The summed E-state index contributed by atoms with van der Waals surface area (Å²) in [6.07, 6.45) is 1.14. The topological polar surface area (TPSA) is 104 Å². The molecule has 0 radical (unpaired) electrons. The number of aliphatic hydroxyl groups excluding tert-OH is 1. The number of aliphatic hydroxyl groups is 1. The molecule has 0 aromatic carbocycles. The Kier molecular flexibility index (Phi) is 4.51. The number of hydrogen-bond acceptors (Lipinski definition) is 4. The minimum Gasteiger partial charge on any atom is -0.382 e. The smallest absolute Gasteiger partial charge is 0.247 e. The average molecular weight is 215 g/mol. The largest absolute Gasteiger partial charge is 0.382 e. The van der Waals surface area contributed by atoms with E-state index < -0.39 is 12.0 Å². The Morgan fingerprint density at radius 2 is 2.13 bits per heavy atom. The number of carbonyl (C=O) groups excluding carboxylic acids is 2. The lowest BCUT2D eigenvalue weighted by atomic mass is 10.3. The summed E-state index contributed by atoms with van der Waals surface area (Å²) in [4.78, 5) is 21.6. The fourth-order valence-electron chi connectivity index (χ4n) is 1.07. The van der Waals surface area contributed by atoms with Crippen molar-refractivity contribution < 1.29 is 14.7 Å². The van der Waals surface area contributed by atoms with E-state index in [1.54, 1.807) is 0 Å². The zero-order chi connectivity index (χ0) is 11.3. The third kappa shape index (κ3) is 5.34. The number of primary amides is 1. The summed E-state index contributed by atoms with van der Waals surface area (Å²) in [6, 6.07) is 0. The number of amides is 2. The summed E-state index contributed by atoms with van der Waals surface area (Å²) >= 11 is 0. The summed E-state index contributed by atoms with van der Waals surface area (Å²) in [5, 5.41) is 14.4. The maximum absolute atomic E-state index is 11.2. The van der Waals surface area contributed by atoms with Gasteiger partial charge in [-0.15, -0.1) is 0 Å². The van der Waals surface area contributed by atoms with Crippen molar-refractivity contribution in [2.45, 2.75) is 18.9 Å². The molecule has 0 bridgehead atoms. The molecule has 2 amide bonds. The predicted octanol–water partition coefficient (Wildman–Crippen LogP) is -2.05. The van der Waals surface area contributed by atoms with E-state index in [-0.39, 0.29) is 19.0 Å². The molecule has 15 heavy (non-hydrogen) atoms. The molecule has 1 saturated carbocycles. The Morgan fingerprint density at radius 3 is 2.67 bits per heavy atom.